The van der Waals surface area contributed by atoms with Gasteiger partial charge in [0.15, 0.2) is 5.78 Å². The van der Waals surface area contributed by atoms with E-state index in [1.807, 2.05) is 33.9 Å². The van der Waals surface area contributed by atoms with Gasteiger partial charge in [-0.15, -0.1) is 34.9 Å². The second-order valence-electron chi connectivity index (χ2n) is 10.4. The van der Waals surface area contributed by atoms with Crippen LogP contribution < -0.4 is 0 Å². The molecule has 3 nitrogen and oxygen atoms in total. The second kappa shape index (κ2) is 15.7. The molecular formula is C32H42IrNO2-. The number of carbonyl (C=O) groups excluding carboxylic acids is 1. The smallest absolute Gasteiger partial charge is 0.159 e. The van der Waals surface area contributed by atoms with Gasteiger partial charge in [-0.2, -0.15) is 0 Å². The summed E-state index contributed by atoms with van der Waals surface area (Å²) in [4.78, 5) is 15.8. The number of ketones is 1. The molecule has 0 amide bonds. The number of aliphatic hydroxyl groups excluding tert-OH is 1. The van der Waals surface area contributed by atoms with Crippen molar-refractivity contribution in [2.45, 2.75) is 80.6 Å². The number of pyridine rings is 1. The van der Waals surface area contributed by atoms with Gasteiger partial charge in [-0.05, 0) is 52.8 Å². The number of rotatable bonds is 9. The fourth-order valence-electron chi connectivity index (χ4n) is 4.13. The molecule has 3 aromatic rings. The molecule has 0 aliphatic rings. The number of fused-ring (bicyclic) bond motifs is 1. The largest absolute Gasteiger partial charge is 0.512 e. The van der Waals surface area contributed by atoms with Crippen molar-refractivity contribution in [3.05, 3.63) is 77.2 Å². The van der Waals surface area contributed by atoms with Gasteiger partial charge < -0.3 is 10.1 Å². The standard InChI is InChI=1S/C21H22N.C11H20O2.Ir/c1-4-5-6-17-7-8-20-18(14-17)9-10-22-21(20)19-12-15(2)11-16(3)13-19;1-8(2)5-10(12)7-11(13)6-9(3)4;/h7-12,14H,4-6H2,1-3H3;7-9,12H,5-6H2,1-4H3;/q-1;;/b;10-7-;. The summed E-state index contributed by atoms with van der Waals surface area (Å²) in [6.45, 7) is 14.5. The van der Waals surface area contributed by atoms with Crippen molar-refractivity contribution in [3.8, 4) is 11.3 Å². The third-order valence-electron chi connectivity index (χ3n) is 5.61. The summed E-state index contributed by atoms with van der Waals surface area (Å²) >= 11 is 0. The van der Waals surface area contributed by atoms with Crippen molar-refractivity contribution < 1.29 is 30.0 Å². The fraction of sp³-hybridized carbons (Fsp3) is 0.438. The van der Waals surface area contributed by atoms with Gasteiger partial charge in [0.05, 0.1) is 5.76 Å². The normalized spacial score (nSPS) is 11.3. The Kier molecular flexibility index (Phi) is 13.9. The Hall–Kier alpha value is -2.29. The summed E-state index contributed by atoms with van der Waals surface area (Å²) in [7, 11) is 0. The van der Waals surface area contributed by atoms with E-state index in [4.69, 9.17) is 0 Å². The van der Waals surface area contributed by atoms with Gasteiger partial charge in [0, 0.05) is 45.2 Å². The van der Waals surface area contributed by atoms with Gasteiger partial charge in [-0.1, -0.05) is 73.1 Å². The maximum atomic E-state index is 11.2. The van der Waals surface area contributed by atoms with Crippen LogP contribution in [-0.4, -0.2) is 15.9 Å². The molecular weight excluding hydrogens is 623 g/mol. The number of hydrogen-bond donors (Lipinski definition) is 1. The third kappa shape index (κ3) is 10.8. The number of benzene rings is 2. The number of aromatic nitrogens is 1. The molecule has 0 saturated heterocycles. The van der Waals surface area contributed by atoms with Crippen LogP contribution >= 0.6 is 0 Å². The van der Waals surface area contributed by atoms with Gasteiger partial charge in [-0.25, -0.2) is 0 Å². The average Bonchev–Trinajstić information content (AvgIpc) is 2.75. The summed E-state index contributed by atoms with van der Waals surface area (Å²) in [5.41, 5.74) is 5.95. The van der Waals surface area contributed by atoms with Crippen LogP contribution in [0.1, 0.15) is 77.0 Å². The predicted molar refractivity (Wildman–Crippen MR) is 149 cm³/mol. The zero-order chi connectivity index (χ0) is 26.0. The number of unbranched alkanes of at least 4 members (excludes halogenated alkanes) is 1. The molecule has 0 aliphatic carbocycles. The van der Waals surface area contributed by atoms with Crippen LogP contribution in [0.3, 0.4) is 0 Å². The molecule has 0 aliphatic heterocycles. The van der Waals surface area contributed by atoms with E-state index in [1.54, 1.807) is 0 Å². The minimum atomic E-state index is 0. The van der Waals surface area contributed by atoms with Gasteiger partial charge in [-0.3, -0.25) is 4.79 Å². The third-order valence-corrected chi connectivity index (χ3v) is 5.61. The Morgan fingerprint density at radius 1 is 1.03 bits per heavy atom. The molecule has 1 N–H and O–H groups in total. The van der Waals surface area contributed by atoms with E-state index < -0.39 is 0 Å². The van der Waals surface area contributed by atoms with Crippen molar-refractivity contribution in [1.29, 1.82) is 0 Å². The number of aliphatic hydroxyl groups is 1. The number of hydrogen-bond acceptors (Lipinski definition) is 3. The molecule has 2 aromatic carbocycles. The zero-order valence-electron chi connectivity index (χ0n) is 22.9. The first kappa shape index (κ1) is 31.7. The number of carbonyl (C=O) groups is 1. The van der Waals surface area contributed by atoms with Crippen molar-refractivity contribution in [1.82, 2.24) is 4.98 Å². The molecule has 1 heterocycles. The van der Waals surface area contributed by atoms with E-state index in [1.165, 1.54) is 40.8 Å². The SMILES string of the molecule is CC(C)CC(=O)/C=C(\O)CC(C)C.CCCCc1ccc2c(-c3[c-]c(C)cc(C)c3)nccc2c1.[Ir]. The Morgan fingerprint density at radius 2 is 1.72 bits per heavy atom. The first-order chi connectivity index (χ1) is 16.6. The zero-order valence-corrected chi connectivity index (χ0v) is 25.3. The van der Waals surface area contributed by atoms with E-state index in [2.05, 4.69) is 68.2 Å². The molecule has 0 fully saturated rings. The van der Waals surface area contributed by atoms with E-state index >= 15 is 0 Å². The molecule has 0 bridgehead atoms. The molecule has 0 spiro atoms. The molecule has 0 unspecified atom stereocenters. The quantitative estimate of drug-likeness (QED) is 0.141. The average molecular weight is 665 g/mol. The Balaban J connectivity index is 0.000000402. The van der Waals surface area contributed by atoms with Crippen LogP contribution in [0.5, 0.6) is 0 Å². The van der Waals surface area contributed by atoms with Crippen molar-refractivity contribution in [3.63, 3.8) is 0 Å². The Bertz CT molecular complexity index is 1130. The maximum Gasteiger partial charge on any atom is 0.159 e. The van der Waals surface area contributed by atoms with Gasteiger partial charge in [0.2, 0.25) is 0 Å². The predicted octanol–water partition coefficient (Wildman–Crippen LogP) is 8.75. The number of allylic oxidation sites excluding steroid dienone is 2. The van der Waals surface area contributed by atoms with E-state index in [-0.39, 0.29) is 31.6 Å². The van der Waals surface area contributed by atoms with Gasteiger partial charge >= 0.3 is 0 Å². The van der Waals surface area contributed by atoms with Gasteiger partial charge in [0.1, 0.15) is 0 Å². The Morgan fingerprint density at radius 3 is 2.33 bits per heavy atom. The summed E-state index contributed by atoms with van der Waals surface area (Å²) in [6.07, 6.45) is 8.00. The summed E-state index contributed by atoms with van der Waals surface area (Å²) in [5, 5.41) is 11.8. The molecule has 1 aromatic heterocycles. The van der Waals surface area contributed by atoms with Crippen LogP contribution in [0, 0.1) is 31.7 Å². The minimum absolute atomic E-state index is 0. The Labute approximate surface area is 231 Å². The van der Waals surface area contributed by atoms with Crippen molar-refractivity contribution in [2.24, 2.45) is 11.8 Å². The molecule has 0 atom stereocenters. The molecule has 0 saturated carbocycles. The topological polar surface area (TPSA) is 50.2 Å². The summed E-state index contributed by atoms with van der Waals surface area (Å²) < 4.78 is 0. The monoisotopic (exact) mass is 665 g/mol. The fourth-order valence-corrected chi connectivity index (χ4v) is 4.13. The molecule has 197 valence electrons. The van der Waals surface area contributed by atoms with Crippen LogP contribution in [0.15, 0.2) is 54.4 Å². The maximum absolute atomic E-state index is 11.2. The van der Waals surface area contributed by atoms with E-state index in [0.717, 1.165) is 23.2 Å². The second-order valence-corrected chi connectivity index (χ2v) is 10.4. The van der Waals surface area contributed by atoms with Crippen LogP contribution in [0.4, 0.5) is 0 Å². The molecule has 36 heavy (non-hydrogen) atoms. The van der Waals surface area contributed by atoms with E-state index in [0.29, 0.717) is 24.7 Å². The minimum Gasteiger partial charge on any atom is -0.512 e. The molecule has 1 radical (unpaired) electrons. The van der Waals surface area contributed by atoms with Crippen LogP contribution in [-0.2, 0) is 31.3 Å². The molecule has 4 heteroatoms. The molecule has 3 rings (SSSR count). The first-order valence-electron chi connectivity index (χ1n) is 12.9. The number of nitrogens with zero attached hydrogens (tertiary/aromatic N) is 1. The summed E-state index contributed by atoms with van der Waals surface area (Å²) in [5.74, 6) is 0.979. The van der Waals surface area contributed by atoms with E-state index in [9.17, 15) is 9.90 Å². The summed E-state index contributed by atoms with van der Waals surface area (Å²) in [6, 6.07) is 16.6. The van der Waals surface area contributed by atoms with Gasteiger partial charge in [0.25, 0.3) is 0 Å². The van der Waals surface area contributed by atoms with Crippen molar-refractivity contribution in [2.75, 3.05) is 0 Å². The first-order valence-corrected chi connectivity index (χ1v) is 12.9. The number of aryl methyl sites for hydroxylation is 3. The van der Waals surface area contributed by atoms with Crippen LogP contribution in [0.25, 0.3) is 22.0 Å². The van der Waals surface area contributed by atoms with Crippen molar-refractivity contribution >= 4 is 16.6 Å². The van der Waals surface area contributed by atoms with Crippen LogP contribution in [0.2, 0.25) is 0 Å².